The summed E-state index contributed by atoms with van der Waals surface area (Å²) in [7, 11) is 0. The van der Waals surface area contributed by atoms with Gasteiger partial charge >= 0.3 is 0 Å². The first-order valence-corrected chi connectivity index (χ1v) is 7.22. The van der Waals surface area contributed by atoms with E-state index in [1.54, 1.807) is 0 Å². The zero-order valence-corrected chi connectivity index (χ0v) is 13.8. The van der Waals surface area contributed by atoms with Gasteiger partial charge in [0.25, 0.3) is 0 Å². The van der Waals surface area contributed by atoms with E-state index in [1.807, 2.05) is 6.92 Å². The van der Waals surface area contributed by atoms with Crippen LogP contribution in [-0.2, 0) is 4.79 Å². The summed E-state index contributed by atoms with van der Waals surface area (Å²) in [6, 6.07) is 2.45. The fraction of sp³-hybridized carbons (Fsp3) is 0.500. The molecular formula is C14H18BrClFNO. The van der Waals surface area contributed by atoms with Gasteiger partial charge in [0, 0.05) is 10.9 Å². The Morgan fingerprint density at radius 1 is 1.47 bits per heavy atom. The number of anilines is 1. The number of rotatable bonds is 3. The normalized spacial score (nSPS) is 13.2. The number of hydrogen-bond donors (Lipinski definition) is 1. The Balaban J connectivity index is 2.79. The van der Waals surface area contributed by atoms with E-state index in [1.165, 1.54) is 12.1 Å². The molecule has 0 aliphatic carbocycles. The molecule has 0 aliphatic rings. The highest BCUT2D eigenvalue weighted by atomic mass is 79.9. The first-order chi connectivity index (χ1) is 8.61. The van der Waals surface area contributed by atoms with Crippen LogP contribution in [0.2, 0.25) is 5.02 Å². The maximum atomic E-state index is 13.1. The van der Waals surface area contributed by atoms with Crippen molar-refractivity contribution in [2.45, 2.75) is 34.1 Å². The van der Waals surface area contributed by atoms with Gasteiger partial charge < -0.3 is 5.32 Å². The van der Waals surface area contributed by atoms with Crippen LogP contribution in [0.1, 0.15) is 34.1 Å². The Kier molecular flexibility index (Phi) is 5.39. The summed E-state index contributed by atoms with van der Waals surface area (Å²) < 4.78 is 13.5. The fourth-order valence-corrected chi connectivity index (χ4v) is 2.34. The first kappa shape index (κ1) is 16.4. The number of amides is 1. The van der Waals surface area contributed by atoms with Gasteiger partial charge in [-0.05, 0) is 39.4 Å². The highest BCUT2D eigenvalue weighted by molar-refractivity contribution is 9.10. The molecule has 106 valence electrons. The predicted molar refractivity (Wildman–Crippen MR) is 81.0 cm³/mol. The zero-order valence-electron chi connectivity index (χ0n) is 11.5. The smallest absolute Gasteiger partial charge is 0.224 e. The van der Waals surface area contributed by atoms with Crippen molar-refractivity contribution in [2.24, 2.45) is 11.3 Å². The van der Waals surface area contributed by atoms with E-state index < -0.39 is 5.82 Å². The van der Waals surface area contributed by atoms with Crippen LogP contribution in [0.4, 0.5) is 10.1 Å². The molecule has 1 rings (SSSR count). The minimum absolute atomic E-state index is 0.0567. The summed E-state index contributed by atoms with van der Waals surface area (Å²) in [4.78, 5) is 12.0. The molecule has 0 saturated carbocycles. The van der Waals surface area contributed by atoms with Gasteiger partial charge in [-0.1, -0.05) is 39.3 Å². The maximum Gasteiger partial charge on any atom is 0.224 e. The summed E-state index contributed by atoms with van der Waals surface area (Å²) in [5.74, 6) is -0.347. The standard InChI is InChI=1S/C14H18BrClFNO/c1-8(14(2,3)4)5-12(19)18-13-10(15)6-9(17)7-11(13)16/h6-8H,5H2,1-4H3,(H,18,19). The van der Waals surface area contributed by atoms with Gasteiger partial charge in [0.2, 0.25) is 5.91 Å². The van der Waals surface area contributed by atoms with Crippen molar-refractivity contribution in [2.75, 3.05) is 5.32 Å². The lowest BCUT2D eigenvalue weighted by Crippen LogP contribution is -2.24. The number of halogens is 3. The minimum Gasteiger partial charge on any atom is -0.324 e. The average molecular weight is 351 g/mol. The Morgan fingerprint density at radius 3 is 2.53 bits per heavy atom. The van der Waals surface area contributed by atoms with Crippen LogP contribution in [0.3, 0.4) is 0 Å². The number of nitrogens with one attached hydrogen (secondary N) is 1. The third kappa shape index (κ3) is 4.77. The van der Waals surface area contributed by atoms with E-state index >= 15 is 0 Å². The molecule has 0 saturated heterocycles. The molecule has 1 aromatic carbocycles. The van der Waals surface area contributed by atoms with E-state index in [0.717, 1.165) is 0 Å². The number of hydrogen-bond acceptors (Lipinski definition) is 1. The van der Waals surface area contributed by atoms with Crippen LogP contribution in [0.25, 0.3) is 0 Å². The molecule has 0 heterocycles. The van der Waals surface area contributed by atoms with E-state index in [9.17, 15) is 9.18 Å². The van der Waals surface area contributed by atoms with E-state index in [0.29, 0.717) is 16.6 Å². The largest absolute Gasteiger partial charge is 0.324 e. The topological polar surface area (TPSA) is 29.1 Å². The predicted octanol–water partition coefficient (Wildman–Crippen LogP) is 5.25. The summed E-state index contributed by atoms with van der Waals surface area (Å²) in [5.41, 5.74) is 0.468. The molecule has 1 unspecified atom stereocenters. The minimum atomic E-state index is -0.446. The van der Waals surface area contributed by atoms with E-state index in [4.69, 9.17) is 11.6 Å². The number of benzene rings is 1. The third-order valence-corrected chi connectivity index (χ3v) is 4.16. The average Bonchev–Trinajstić information content (AvgIpc) is 2.21. The number of carbonyl (C=O) groups excluding carboxylic acids is 1. The molecule has 0 bridgehead atoms. The van der Waals surface area contributed by atoms with Crippen molar-refractivity contribution in [1.29, 1.82) is 0 Å². The molecule has 0 fully saturated rings. The summed E-state index contributed by atoms with van der Waals surface area (Å²) in [6.07, 6.45) is 0.393. The van der Waals surface area contributed by atoms with Gasteiger partial charge in [0.15, 0.2) is 0 Å². The van der Waals surface area contributed by atoms with Gasteiger partial charge in [-0.15, -0.1) is 0 Å². The van der Waals surface area contributed by atoms with Gasteiger partial charge in [0.1, 0.15) is 5.82 Å². The van der Waals surface area contributed by atoms with Gasteiger partial charge in [-0.3, -0.25) is 4.79 Å². The second kappa shape index (κ2) is 6.23. The maximum absolute atomic E-state index is 13.1. The lowest BCUT2D eigenvalue weighted by Gasteiger charge is -2.26. The Hall–Kier alpha value is -0.610. The quantitative estimate of drug-likeness (QED) is 0.792. The van der Waals surface area contributed by atoms with E-state index in [-0.39, 0.29) is 22.3 Å². The molecular weight excluding hydrogens is 333 g/mol. The lowest BCUT2D eigenvalue weighted by molar-refractivity contribution is -0.117. The number of carbonyl (C=O) groups is 1. The molecule has 1 N–H and O–H groups in total. The summed E-state index contributed by atoms with van der Waals surface area (Å²) >= 11 is 9.11. The van der Waals surface area contributed by atoms with Gasteiger partial charge in [0.05, 0.1) is 10.7 Å². The molecule has 0 aliphatic heterocycles. The molecule has 2 nitrogen and oxygen atoms in total. The van der Waals surface area contributed by atoms with Crippen LogP contribution >= 0.6 is 27.5 Å². The Morgan fingerprint density at radius 2 is 2.05 bits per heavy atom. The molecule has 1 amide bonds. The van der Waals surface area contributed by atoms with E-state index in [2.05, 4.69) is 42.0 Å². The molecule has 19 heavy (non-hydrogen) atoms. The third-order valence-electron chi connectivity index (χ3n) is 3.24. The fourth-order valence-electron chi connectivity index (χ4n) is 1.44. The van der Waals surface area contributed by atoms with Crippen molar-refractivity contribution in [3.8, 4) is 0 Å². The van der Waals surface area contributed by atoms with Crippen molar-refractivity contribution >= 4 is 39.1 Å². The molecule has 1 aromatic rings. The van der Waals surface area contributed by atoms with Gasteiger partial charge in [-0.2, -0.15) is 0 Å². The van der Waals surface area contributed by atoms with Crippen LogP contribution < -0.4 is 5.32 Å². The van der Waals surface area contributed by atoms with Crippen LogP contribution in [-0.4, -0.2) is 5.91 Å². The SMILES string of the molecule is CC(CC(=O)Nc1c(Cl)cc(F)cc1Br)C(C)(C)C. The Labute approximate surface area is 126 Å². The molecule has 5 heteroatoms. The second-order valence-electron chi connectivity index (χ2n) is 5.76. The zero-order chi connectivity index (χ0) is 14.8. The van der Waals surface area contributed by atoms with Crippen molar-refractivity contribution < 1.29 is 9.18 Å². The van der Waals surface area contributed by atoms with Crippen LogP contribution in [0.15, 0.2) is 16.6 Å². The molecule has 0 spiro atoms. The monoisotopic (exact) mass is 349 g/mol. The highest BCUT2D eigenvalue weighted by Gasteiger charge is 2.23. The summed E-state index contributed by atoms with van der Waals surface area (Å²) in [5, 5.41) is 2.91. The summed E-state index contributed by atoms with van der Waals surface area (Å²) in [6.45, 7) is 8.30. The first-order valence-electron chi connectivity index (χ1n) is 6.05. The van der Waals surface area contributed by atoms with Crippen molar-refractivity contribution in [3.05, 3.63) is 27.4 Å². The van der Waals surface area contributed by atoms with Gasteiger partial charge in [-0.25, -0.2) is 4.39 Å². The van der Waals surface area contributed by atoms with Crippen LogP contribution in [0.5, 0.6) is 0 Å². The second-order valence-corrected chi connectivity index (χ2v) is 7.03. The van der Waals surface area contributed by atoms with Crippen molar-refractivity contribution in [3.63, 3.8) is 0 Å². The lowest BCUT2D eigenvalue weighted by atomic mass is 9.80. The van der Waals surface area contributed by atoms with Crippen molar-refractivity contribution in [1.82, 2.24) is 0 Å². The highest BCUT2D eigenvalue weighted by Crippen LogP contribution is 2.33. The van der Waals surface area contributed by atoms with Crippen LogP contribution in [0, 0.1) is 17.2 Å². The molecule has 0 aromatic heterocycles. The Bertz CT molecular complexity index is 462. The molecule has 1 atom stereocenters. The molecule has 0 radical (unpaired) electrons.